The SMILES string of the molecule is Cc1ccc(S(=O)(=O)N(C)CC(=O)OCC(=O)c2ccccc2)cc1. The van der Waals surface area contributed by atoms with Crippen LogP contribution in [0.3, 0.4) is 0 Å². The van der Waals surface area contributed by atoms with E-state index in [1.165, 1.54) is 19.2 Å². The third-order valence-electron chi connectivity index (χ3n) is 3.54. The van der Waals surface area contributed by atoms with E-state index in [4.69, 9.17) is 4.74 Å². The van der Waals surface area contributed by atoms with Crippen molar-refractivity contribution in [1.82, 2.24) is 4.31 Å². The fraction of sp³-hybridized carbons (Fsp3) is 0.222. The monoisotopic (exact) mass is 361 g/mol. The van der Waals surface area contributed by atoms with Crippen LogP contribution < -0.4 is 0 Å². The molecule has 2 aromatic rings. The second-order valence-electron chi connectivity index (χ2n) is 5.52. The summed E-state index contributed by atoms with van der Waals surface area (Å²) >= 11 is 0. The van der Waals surface area contributed by atoms with E-state index in [2.05, 4.69) is 0 Å². The van der Waals surface area contributed by atoms with Gasteiger partial charge in [0.1, 0.15) is 6.54 Å². The lowest BCUT2D eigenvalue weighted by molar-refractivity contribution is -0.142. The van der Waals surface area contributed by atoms with Crippen LogP contribution >= 0.6 is 0 Å². The highest BCUT2D eigenvalue weighted by molar-refractivity contribution is 7.89. The molecular weight excluding hydrogens is 342 g/mol. The Hall–Kier alpha value is -2.51. The minimum atomic E-state index is -3.79. The molecule has 0 amide bonds. The van der Waals surface area contributed by atoms with Gasteiger partial charge < -0.3 is 4.74 Å². The fourth-order valence-electron chi connectivity index (χ4n) is 2.06. The number of nitrogens with zero attached hydrogens (tertiary/aromatic N) is 1. The lowest BCUT2D eigenvalue weighted by Gasteiger charge is -2.16. The summed E-state index contributed by atoms with van der Waals surface area (Å²) in [4.78, 5) is 23.8. The Morgan fingerprint density at radius 1 is 1.00 bits per heavy atom. The standard InChI is InChI=1S/C18H19NO5S/c1-14-8-10-16(11-9-14)25(22,23)19(2)12-18(21)24-13-17(20)15-6-4-3-5-7-15/h3-11H,12-13H2,1-2H3. The van der Waals surface area contributed by atoms with E-state index in [1.54, 1.807) is 42.5 Å². The maximum atomic E-state index is 12.4. The minimum Gasteiger partial charge on any atom is -0.456 e. The zero-order valence-electron chi connectivity index (χ0n) is 14.0. The van der Waals surface area contributed by atoms with Crippen molar-refractivity contribution in [3.8, 4) is 0 Å². The third kappa shape index (κ3) is 4.98. The Morgan fingerprint density at radius 2 is 1.60 bits per heavy atom. The van der Waals surface area contributed by atoms with E-state index < -0.39 is 29.1 Å². The molecule has 0 aromatic heterocycles. The molecule has 0 aliphatic rings. The number of hydrogen-bond acceptors (Lipinski definition) is 5. The minimum absolute atomic E-state index is 0.0914. The maximum Gasteiger partial charge on any atom is 0.321 e. The first kappa shape index (κ1) is 18.8. The number of sulfonamides is 1. The largest absolute Gasteiger partial charge is 0.456 e. The Balaban J connectivity index is 1.93. The van der Waals surface area contributed by atoms with Gasteiger partial charge in [-0.05, 0) is 19.1 Å². The molecule has 0 N–H and O–H groups in total. The van der Waals surface area contributed by atoms with Gasteiger partial charge in [-0.3, -0.25) is 9.59 Å². The van der Waals surface area contributed by atoms with Crippen molar-refractivity contribution in [2.45, 2.75) is 11.8 Å². The molecule has 0 saturated carbocycles. The molecule has 7 heteroatoms. The number of ether oxygens (including phenoxy) is 1. The molecule has 0 heterocycles. The van der Waals surface area contributed by atoms with Crippen molar-refractivity contribution in [3.63, 3.8) is 0 Å². The summed E-state index contributed by atoms with van der Waals surface area (Å²) in [5.74, 6) is -1.14. The van der Waals surface area contributed by atoms with Crippen LogP contribution in [0.5, 0.6) is 0 Å². The van der Waals surface area contributed by atoms with Gasteiger partial charge in [0, 0.05) is 12.6 Å². The van der Waals surface area contributed by atoms with Gasteiger partial charge >= 0.3 is 5.97 Å². The van der Waals surface area contributed by atoms with Gasteiger partial charge in [0.25, 0.3) is 0 Å². The lowest BCUT2D eigenvalue weighted by Crippen LogP contribution is -2.33. The molecule has 132 valence electrons. The van der Waals surface area contributed by atoms with E-state index in [0.29, 0.717) is 5.56 Å². The Bertz CT molecular complexity index is 845. The topological polar surface area (TPSA) is 80.8 Å². The van der Waals surface area contributed by atoms with Crippen molar-refractivity contribution < 1.29 is 22.7 Å². The quantitative estimate of drug-likeness (QED) is 0.557. The summed E-state index contributed by atoms with van der Waals surface area (Å²) < 4.78 is 30.6. The first-order valence-corrected chi connectivity index (χ1v) is 9.01. The van der Waals surface area contributed by atoms with Crippen LogP contribution in [0.1, 0.15) is 15.9 Å². The van der Waals surface area contributed by atoms with Crippen LogP contribution in [0.15, 0.2) is 59.5 Å². The van der Waals surface area contributed by atoms with Gasteiger partial charge in [-0.1, -0.05) is 48.0 Å². The fourth-order valence-corrected chi connectivity index (χ4v) is 3.17. The van der Waals surface area contributed by atoms with Gasteiger partial charge in [-0.25, -0.2) is 8.42 Å². The van der Waals surface area contributed by atoms with E-state index >= 15 is 0 Å². The summed E-state index contributed by atoms with van der Waals surface area (Å²) in [5.41, 5.74) is 1.36. The van der Waals surface area contributed by atoms with E-state index in [1.807, 2.05) is 6.92 Å². The predicted molar refractivity (Wildman–Crippen MR) is 92.7 cm³/mol. The number of Topliss-reactive ketones (excluding diaryl/α,β-unsaturated/α-hetero) is 1. The predicted octanol–water partition coefficient (Wildman–Crippen LogP) is 2.04. The van der Waals surface area contributed by atoms with Gasteiger partial charge in [0.15, 0.2) is 12.4 Å². The van der Waals surface area contributed by atoms with Crippen molar-refractivity contribution >= 4 is 21.8 Å². The lowest BCUT2D eigenvalue weighted by atomic mass is 10.1. The molecule has 0 unspecified atom stereocenters. The number of benzene rings is 2. The average molecular weight is 361 g/mol. The molecule has 0 aliphatic carbocycles. The van der Waals surface area contributed by atoms with Gasteiger partial charge in [-0.15, -0.1) is 0 Å². The molecule has 0 radical (unpaired) electrons. The van der Waals surface area contributed by atoms with Crippen LogP contribution in [0.2, 0.25) is 0 Å². The summed E-state index contributed by atoms with van der Waals surface area (Å²) in [5, 5.41) is 0. The molecule has 25 heavy (non-hydrogen) atoms. The zero-order chi connectivity index (χ0) is 18.4. The number of esters is 1. The number of aryl methyl sites for hydroxylation is 1. The summed E-state index contributed by atoms with van der Waals surface area (Å²) in [6.45, 7) is 0.945. The Morgan fingerprint density at radius 3 is 2.20 bits per heavy atom. The highest BCUT2D eigenvalue weighted by Crippen LogP contribution is 2.14. The molecule has 0 bridgehead atoms. The van der Waals surface area contributed by atoms with E-state index in [0.717, 1.165) is 9.87 Å². The molecule has 0 saturated heterocycles. The van der Waals surface area contributed by atoms with Crippen LogP contribution in [0.25, 0.3) is 0 Å². The highest BCUT2D eigenvalue weighted by Gasteiger charge is 2.23. The molecular formula is C18H19NO5S. The molecule has 2 aromatic carbocycles. The molecule has 0 fully saturated rings. The summed E-state index contributed by atoms with van der Waals surface area (Å²) in [6.07, 6.45) is 0. The van der Waals surface area contributed by atoms with Crippen LogP contribution in [0, 0.1) is 6.92 Å². The molecule has 2 rings (SSSR count). The second kappa shape index (κ2) is 8.04. The third-order valence-corrected chi connectivity index (χ3v) is 5.36. The Kier molecular flexibility index (Phi) is 6.06. The van der Waals surface area contributed by atoms with Crippen molar-refractivity contribution in [2.24, 2.45) is 0 Å². The van der Waals surface area contributed by atoms with Crippen LogP contribution in [-0.4, -0.2) is 44.7 Å². The smallest absolute Gasteiger partial charge is 0.321 e. The first-order valence-electron chi connectivity index (χ1n) is 7.57. The molecule has 0 spiro atoms. The molecule has 0 atom stereocenters. The number of rotatable bonds is 7. The van der Waals surface area contributed by atoms with Crippen LogP contribution in [0.4, 0.5) is 0 Å². The Labute approximate surface area is 147 Å². The number of carbonyl (C=O) groups excluding carboxylic acids is 2. The first-order chi connectivity index (χ1) is 11.8. The zero-order valence-corrected chi connectivity index (χ0v) is 14.8. The van der Waals surface area contributed by atoms with Gasteiger partial charge in [0.2, 0.25) is 10.0 Å². The average Bonchev–Trinajstić information content (AvgIpc) is 2.60. The van der Waals surface area contributed by atoms with Crippen molar-refractivity contribution in [2.75, 3.05) is 20.2 Å². The molecule has 0 aliphatic heterocycles. The van der Waals surface area contributed by atoms with E-state index in [9.17, 15) is 18.0 Å². The number of carbonyl (C=O) groups is 2. The second-order valence-corrected chi connectivity index (χ2v) is 7.57. The van der Waals surface area contributed by atoms with Gasteiger partial charge in [0.05, 0.1) is 4.90 Å². The summed E-state index contributed by atoms with van der Waals surface area (Å²) in [6, 6.07) is 14.7. The normalized spacial score (nSPS) is 11.3. The van der Waals surface area contributed by atoms with Crippen molar-refractivity contribution in [1.29, 1.82) is 0 Å². The van der Waals surface area contributed by atoms with Gasteiger partial charge in [-0.2, -0.15) is 4.31 Å². The maximum absolute atomic E-state index is 12.4. The van der Waals surface area contributed by atoms with Crippen molar-refractivity contribution in [3.05, 3.63) is 65.7 Å². The number of likely N-dealkylation sites (N-methyl/N-ethyl adjacent to an activating group) is 1. The highest BCUT2D eigenvalue weighted by atomic mass is 32.2. The summed E-state index contributed by atoms with van der Waals surface area (Å²) in [7, 11) is -2.51. The van der Waals surface area contributed by atoms with E-state index in [-0.39, 0.29) is 10.7 Å². The number of ketones is 1. The number of hydrogen-bond donors (Lipinski definition) is 0. The molecule has 6 nitrogen and oxygen atoms in total. The van der Waals surface area contributed by atoms with Crippen LogP contribution in [-0.2, 0) is 19.6 Å².